The van der Waals surface area contributed by atoms with Crippen LogP contribution in [0.5, 0.6) is 5.75 Å². The van der Waals surface area contributed by atoms with Gasteiger partial charge in [0, 0.05) is 6.54 Å². The highest BCUT2D eigenvalue weighted by molar-refractivity contribution is 5.28. The van der Waals surface area contributed by atoms with Gasteiger partial charge in [0.1, 0.15) is 5.75 Å². The first-order valence-electron chi connectivity index (χ1n) is 6.71. The molecule has 0 saturated carbocycles. The summed E-state index contributed by atoms with van der Waals surface area (Å²) < 4.78 is 5.23. The van der Waals surface area contributed by atoms with Crippen LogP contribution >= 0.6 is 0 Å². The van der Waals surface area contributed by atoms with E-state index >= 15 is 0 Å². The molecule has 0 aliphatic carbocycles. The van der Waals surface area contributed by atoms with Crippen molar-refractivity contribution in [2.24, 2.45) is 11.7 Å². The first kappa shape index (κ1) is 15.0. The molecule has 0 aliphatic heterocycles. The Morgan fingerprint density at radius 1 is 1.39 bits per heavy atom. The summed E-state index contributed by atoms with van der Waals surface area (Å²) >= 11 is 0. The van der Waals surface area contributed by atoms with Crippen molar-refractivity contribution in [1.29, 1.82) is 0 Å². The topological polar surface area (TPSA) is 38.5 Å². The van der Waals surface area contributed by atoms with E-state index in [9.17, 15) is 0 Å². The van der Waals surface area contributed by atoms with E-state index < -0.39 is 0 Å². The average molecular weight is 250 g/mol. The fraction of sp³-hybridized carbons (Fsp3) is 0.600. The molecule has 1 atom stereocenters. The van der Waals surface area contributed by atoms with Gasteiger partial charge < -0.3 is 15.4 Å². The Morgan fingerprint density at radius 3 is 2.78 bits per heavy atom. The molecule has 0 aromatic heterocycles. The largest absolute Gasteiger partial charge is 0.497 e. The van der Waals surface area contributed by atoms with Crippen LogP contribution in [0.2, 0.25) is 0 Å². The van der Waals surface area contributed by atoms with E-state index in [2.05, 4.69) is 31.0 Å². The number of hydrogen-bond acceptors (Lipinski definition) is 3. The minimum absolute atomic E-state index is 0.651. The molecule has 1 rings (SSSR count). The predicted molar refractivity (Wildman–Crippen MR) is 76.8 cm³/mol. The zero-order chi connectivity index (χ0) is 13.4. The average Bonchev–Trinajstić information content (AvgIpc) is 2.40. The molecule has 0 spiro atoms. The molecule has 0 saturated heterocycles. The van der Waals surface area contributed by atoms with Gasteiger partial charge in [0.25, 0.3) is 0 Å². The standard InChI is InChI=1S/C15H26N2O/c1-4-13(11-16)8-9-17(2)12-14-6-5-7-15(10-14)18-3/h5-7,10,13H,4,8-9,11-12,16H2,1-3H3. The Kier molecular flexibility index (Phi) is 6.76. The van der Waals surface area contributed by atoms with E-state index in [1.54, 1.807) is 7.11 Å². The molecule has 3 nitrogen and oxygen atoms in total. The van der Waals surface area contributed by atoms with Crippen LogP contribution in [0.4, 0.5) is 0 Å². The van der Waals surface area contributed by atoms with Gasteiger partial charge >= 0.3 is 0 Å². The van der Waals surface area contributed by atoms with Gasteiger partial charge in [-0.1, -0.05) is 25.5 Å². The van der Waals surface area contributed by atoms with Crippen molar-refractivity contribution in [3.63, 3.8) is 0 Å². The second-order valence-electron chi connectivity index (χ2n) is 4.89. The van der Waals surface area contributed by atoms with Gasteiger partial charge in [-0.2, -0.15) is 0 Å². The Hall–Kier alpha value is -1.06. The highest BCUT2D eigenvalue weighted by Crippen LogP contribution is 2.14. The molecule has 1 aromatic rings. The highest BCUT2D eigenvalue weighted by Gasteiger charge is 2.06. The molecule has 1 aromatic carbocycles. The summed E-state index contributed by atoms with van der Waals surface area (Å²) in [4.78, 5) is 2.34. The highest BCUT2D eigenvalue weighted by atomic mass is 16.5. The summed E-state index contributed by atoms with van der Waals surface area (Å²) in [6, 6.07) is 8.25. The van der Waals surface area contributed by atoms with Crippen LogP contribution in [0.1, 0.15) is 25.3 Å². The zero-order valence-electron chi connectivity index (χ0n) is 11.9. The van der Waals surface area contributed by atoms with Crippen LogP contribution in [0.15, 0.2) is 24.3 Å². The van der Waals surface area contributed by atoms with E-state index in [1.807, 2.05) is 12.1 Å². The maximum Gasteiger partial charge on any atom is 0.119 e. The molecule has 2 N–H and O–H groups in total. The molecule has 0 amide bonds. The monoisotopic (exact) mass is 250 g/mol. The van der Waals surface area contributed by atoms with E-state index in [4.69, 9.17) is 10.5 Å². The third kappa shape index (κ3) is 5.07. The number of benzene rings is 1. The molecular weight excluding hydrogens is 224 g/mol. The third-order valence-corrected chi connectivity index (χ3v) is 3.42. The predicted octanol–water partition coefficient (Wildman–Crippen LogP) is 2.50. The van der Waals surface area contributed by atoms with Gasteiger partial charge in [0.15, 0.2) is 0 Å². The summed E-state index contributed by atoms with van der Waals surface area (Å²) in [6.45, 7) is 5.05. The molecule has 3 heteroatoms. The van der Waals surface area contributed by atoms with Gasteiger partial charge in [0.2, 0.25) is 0 Å². The molecule has 0 aliphatic rings. The minimum Gasteiger partial charge on any atom is -0.497 e. The van der Waals surface area contributed by atoms with Crippen molar-refractivity contribution >= 4 is 0 Å². The van der Waals surface area contributed by atoms with Gasteiger partial charge in [-0.25, -0.2) is 0 Å². The second kappa shape index (κ2) is 8.11. The molecule has 1 unspecified atom stereocenters. The van der Waals surface area contributed by atoms with Crippen molar-refractivity contribution in [3.8, 4) is 5.75 Å². The summed E-state index contributed by atoms with van der Waals surface area (Å²) in [5, 5.41) is 0. The van der Waals surface area contributed by atoms with Crippen LogP contribution in [0.25, 0.3) is 0 Å². The van der Waals surface area contributed by atoms with Gasteiger partial charge in [-0.05, 0) is 50.2 Å². The zero-order valence-corrected chi connectivity index (χ0v) is 11.9. The Labute approximate surface area is 111 Å². The van der Waals surface area contributed by atoms with Crippen LogP contribution < -0.4 is 10.5 Å². The third-order valence-electron chi connectivity index (χ3n) is 3.42. The van der Waals surface area contributed by atoms with Crippen LogP contribution in [0.3, 0.4) is 0 Å². The first-order valence-corrected chi connectivity index (χ1v) is 6.71. The van der Waals surface area contributed by atoms with E-state index in [0.29, 0.717) is 5.92 Å². The molecule has 0 fully saturated rings. The maximum atomic E-state index is 5.72. The number of methoxy groups -OCH3 is 1. The Balaban J connectivity index is 2.41. The van der Waals surface area contributed by atoms with E-state index in [0.717, 1.165) is 25.4 Å². The first-order chi connectivity index (χ1) is 8.69. The minimum atomic E-state index is 0.651. The van der Waals surface area contributed by atoms with E-state index in [1.165, 1.54) is 18.4 Å². The van der Waals surface area contributed by atoms with Gasteiger partial charge in [-0.15, -0.1) is 0 Å². The number of ether oxygens (including phenoxy) is 1. The smallest absolute Gasteiger partial charge is 0.119 e. The number of nitrogens with zero attached hydrogens (tertiary/aromatic N) is 1. The summed E-state index contributed by atoms with van der Waals surface area (Å²) in [6.07, 6.45) is 2.34. The summed E-state index contributed by atoms with van der Waals surface area (Å²) in [5.41, 5.74) is 7.01. The van der Waals surface area contributed by atoms with Crippen molar-refractivity contribution in [3.05, 3.63) is 29.8 Å². The second-order valence-corrected chi connectivity index (χ2v) is 4.89. The fourth-order valence-corrected chi connectivity index (χ4v) is 2.05. The lowest BCUT2D eigenvalue weighted by Crippen LogP contribution is -2.24. The lowest BCUT2D eigenvalue weighted by atomic mass is 10.0. The van der Waals surface area contributed by atoms with Crippen molar-refractivity contribution in [2.75, 3.05) is 27.2 Å². The van der Waals surface area contributed by atoms with Crippen LogP contribution in [-0.4, -0.2) is 32.1 Å². The molecule has 0 radical (unpaired) electrons. The Bertz CT molecular complexity index is 337. The Morgan fingerprint density at radius 2 is 2.17 bits per heavy atom. The van der Waals surface area contributed by atoms with Gasteiger partial charge in [-0.3, -0.25) is 0 Å². The number of nitrogens with two attached hydrogens (primary N) is 1. The maximum absolute atomic E-state index is 5.72. The quantitative estimate of drug-likeness (QED) is 0.770. The number of rotatable bonds is 8. The summed E-state index contributed by atoms with van der Waals surface area (Å²) in [5.74, 6) is 1.58. The van der Waals surface area contributed by atoms with Crippen molar-refractivity contribution in [2.45, 2.75) is 26.3 Å². The van der Waals surface area contributed by atoms with Crippen molar-refractivity contribution in [1.82, 2.24) is 4.90 Å². The normalized spacial score (nSPS) is 12.7. The molecule has 0 heterocycles. The van der Waals surface area contributed by atoms with Crippen LogP contribution in [-0.2, 0) is 6.54 Å². The fourth-order valence-electron chi connectivity index (χ4n) is 2.05. The van der Waals surface area contributed by atoms with Crippen molar-refractivity contribution < 1.29 is 4.74 Å². The molecular formula is C15H26N2O. The van der Waals surface area contributed by atoms with Crippen LogP contribution in [0, 0.1) is 5.92 Å². The van der Waals surface area contributed by atoms with E-state index in [-0.39, 0.29) is 0 Å². The molecule has 102 valence electrons. The lowest BCUT2D eigenvalue weighted by Gasteiger charge is -2.20. The molecule has 18 heavy (non-hydrogen) atoms. The lowest BCUT2D eigenvalue weighted by molar-refractivity contribution is 0.291. The van der Waals surface area contributed by atoms with Gasteiger partial charge in [0.05, 0.1) is 7.11 Å². The molecule has 0 bridgehead atoms. The summed E-state index contributed by atoms with van der Waals surface area (Å²) in [7, 11) is 3.86. The number of hydrogen-bond donors (Lipinski definition) is 1. The SMILES string of the molecule is CCC(CN)CCN(C)Cc1cccc(OC)c1.